The zero-order chi connectivity index (χ0) is 13.1. The van der Waals surface area contributed by atoms with Crippen molar-refractivity contribution in [3.8, 4) is 0 Å². The molecule has 0 saturated heterocycles. The number of hydrogen-bond donors (Lipinski definition) is 1. The highest BCUT2D eigenvalue weighted by Crippen LogP contribution is 2.33. The Hall–Kier alpha value is -0.780. The standard InChI is InChI=1S/C10H17F3O3/c1-6(2)7(8(14)15)5-16-9(3,4)10(11,12)13/h6-7H,5H2,1-4H3,(H,14,15). The van der Waals surface area contributed by atoms with Crippen LogP contribution in [0.2, 0.25) is 0 Å². The van der Waals surface area contributed by atoms with Gasteiger partial charge in [-0.15, -0.1) is 0 Å². The van der Waals surface area contributed by atoms with Crippen LogP contribution < -0.4 is 0 Å². The van der Waals surface area contributed by atoms with Crippen LogP contribution in [0.5, 0.6) is 0 Å². The molecular formula is C10H17F3O3. The summed E-state index contributed by atoms with van der Waals surface area (Å²) in [5.74, 6) is -2.35. The molecule has 1 unspecified atom stereocenters. The van der Waals surface area contributed by atoms with Crippen molar-refractivity contribution < 1.29 is 27.8 Å². The van der Waals surface area contributed by atoms with Crippen molar-refractivity contribution in [2.24, 2.45) is 11.8 Å². The molecule has 0 saturated carbocycles. The Balaban J connectivity index is 4.48. The predicted octanol–water partition coefficient (Wildman–Crippen LogP) is 2.70. The van der Waals surface area contributed by atoms with E-state index in [4.69, 9.17) is 5.11 Å². The number of aliphatic carboxylic acids is 1. The fourth-order valence-corrected chi connectivity index (χ4v) is 0.929. The molecule has 96 valence electrons. The van der Waals surface area contributed by atoms with Gasteiger partial charge in [0.2, 0.25) is 0 Å². The van der Waals surface area contributed by atoms with Crippen molar-refractivity contribution in [2.45, 2.75) is 39.5 Å². The van der Waals surface area contributed by atoms with E-state index < -0.39 is 30.3 Å². The molecule has 0 aliphatic heterocycles. The van der Waals surface area contributed by atoms with Crippen LogP contribution in [0.4, 0.5) is 13.2 Å². The Morgan fingerprint density at radius 2 is 1.75 bits per heavy atom. The molecule has 0 aliphatic carbocycles. The highest BCUT2D eigenvalue weighted by Gasteiger charge is 2.49. The largest absolute Gasteiger partial charge is 0.481 e. The number of halogens is 3. The van der Waals surface area contributed by atoms with Crippen LogP contribution in [0.3, 0.4) is 0 Å². The van der Waals surface area contributed by atoms with Gasteiger partial charge in [0.15, 0.2) is 5.60 Å². The van der Waals surface area contributed by atoms with Crippen molar-refractivity contribution in [3.05, 3.63) is 0 Å². The van der Waals surface area contributed by atoms with E-state index in [-0.39, 0.29) is 5.92 Å². The van der Waals surface area contributed by atoms with E-state index in [0.29, 0.717) is 0 Å². The molecule has 1 N–H and O–H groups in total. The van der Waals surface area contributed by atoms with Gasteiger partial charge >= 0.3 is 12.1 Å². The number of rotatable bonds is 5. The fraction of sp³-hybridized carbons (Fsp3) is 0.900. The molecule has 0 aliphatic rings. The van der Waals surface area contributed by atoms with E-state index in [9.17, 15) is 18.0 Å². The summed E-state index contributed by atoms with van der Waals surface area (Å²) in [5, 5.41) is 8.78. The van der Waals surface area contributed by atoms with Crippen molar-refractivity contribution in [1.29, 1.82) is 0 Å². The molecule has 0 spiro atoms. The summed E-state index contributed by atoms with van der Waals surface area (Å²) < 4.78 is 41.9. The fourth-order valence-electron chi connectivity index (χ4n) is 0.929. The van der Waals surface area contributed by atoms with E-state index in [0.717, 1.165) is 13.8 Å². The maximum atomic E-state index is 12.4. The summed E-state index contributed by atoms with van der Waals surface area (Å²) in [7, 11) is 0. The van der Waals surface area contributed by atoms with E-state index in [1.807, 2.05) is 0 Å². The number of hydrogen-bond acceptors (Lipinski definition) is 2. The van der Waals surface area contributed by atoms with E-state index in [1.54, 1.807) is 13.8 Å². The van der Waals surface area contributed by atoms with Crippen LogP contribution in [-0.4, -0.2) is 29.5 Å². The first-order valence-corrected chi connectivity index (χ1v) is 4.92. The van der Waals surface area contributed by atoms with Gasteiger partial charge < -0.3 is 9.84 Å². The van der Waals surface area contributed by atoms with Gasteiger partial charge in [0, 0.05) is 0 Å². The third kappa shape index (κ3) is 4.00. The summed E-state index contributed by atoms with van der Waals surface area (Å²) in [5.41, 5.74) is -2.32. The summed E-state index contributed by atoms with van der Waals surface area (Å²) in [6, 6.07) is 0. The lowest BCUT2D eigenvalue weighted by atomic mass is 9.96. The first-order chi connectivity index (χ1) is 6.99. The number of ether oxygens (including phenoxy) is 1. The molecule has 0 rings (SSSR count). The second-order valence-electron chi connectivity index (χ2n) is 4.51. The van der Waals surface area contributed by atoms with E-state index >= 15 is 0 Å². The molecule has 0 radical (unpaired) electrons. The van der Waals surface area contributed by atoms with Gasteiger partial charge in [-0.25, -0.2) is 0 Å². The maximum Gasteiger partial charge on any atom is 0.416 e. The highest BCUT2D eigenvalue weighted by molar-refractivity contribution is 5.70. The maximum absolute atomic E-state index is 12.4. The SMILES string of the molecule is CC(C)C(COC(C)(C)C(F)(F)F)C(=O)O. The van der Waals surface area contributed by atoms with E-state index in [2.05, 4.69) is 4.74 Å². The normalized spacial score (nSPS) is 15.2. The van der Waals surface area contributed by atoms with Gasteiger partial charge in [0.1, 0.15) is 0 Å². The third-order valence-corrected chi connectivity index (χ3v) is 2.43. The predicted molar refractivity (Wildman–Crippen MR) is 52.0 cm³/mol. The van der Waals surface area contributed by atoms with Crippen LogP contribution in [0.25, 0.3) is 0 Å². The Labute approximate surface area is 92.6 Å². The number of carboxylic acid groups (broad SMARTS) is 1. The van der Waals surface area contributed by atoms with Crippen LogP contribution >= 0.6 is 0 Å². The minimum atomic E-state index is -4.51. The highest BCUT2D eigenvalue weighted by atomic mass is 19.4. The zero-order valence-corrected chi connectivity index (χ0v) is 9.76. The molecular weight excluding hydrogens is 225 g/mol. The monoisotopic (exact) mass is 242 g/mol. The molecule has 3 nitrogen and oxygen atoms in total. The summed E-state index contributed by atoms with van der Waals surface area (Å²) >= 11 is 0. The average molecular weight is 242 g/mol. The minimum Gasteiger partial charge on any atom is -0.481 e. The molecule has 0 fully saturated rings. The molecule has 6 heteroatoms. The number of carboxylic acids is 1. The molecule has 0 amide bonds. The molecule has 0 bridgehead atoms. The van der Waals surface area contributed by atoms with Crippen LogP contribution in [-0.2, 0) is 9.53 Å². The van der Waals surface area contributed by atoms with Crippen molar-refractivity contribution in [3.63, 3.8) is 0 Å². The third-order valence-electron chi connectivity index (χ3n) is 2.43. The van der Waals surface area contributed by atoms with Gasteiger partial charge in [-0.1, -0.05) is 13.8 Å². The molecule has 16 heavy (non-hydrogen) atoms. The van der Waals surface area contributed by atoms with Crippen molar-refractivity contribution >= 4 is 5.97 Å². The van der Waals surface area contributed by atoms with Crippen molar-refractivity contribution in [1.82, 2.24) is 0 Å². The average Bonchev–Trinajstić information content (AvgIpc) is 1.99. The summed E-state index contributed by atoms with van der Waals surface area (Å²) in [6.07, 6.45) is -4.51. The van der Waals surface area contributed by atoms with Gasteiger partial charge in [0.05, 0.1) is 12.5 Å². The summed E-state index contributed by atoms with van der Waals surface area (Å²) in [6.45, 7) is 4.57. The topological polar surface area (TPSA) is 46.5 Å². The van der Waals surface area contributed by atoms with Gasteiger partial charge in [0.25, 0.3) is 0 Å². The van der Waals surface area contributed by atoms with Crippen LogP contribution in [0.1, 0.15) is 27.7 Å². The summed E-state index contributed by atoms with van der Waals surface area (Å²) in [4.78, 5) is 10.7. The molecule has 0 heterocycles. The van der Waals surface area contributed by atoms with Crippen LogP contribution in [0.15, 0.2) is 0 Å². The van der Waals surface area contributed by atoms with Crippen molar-refractivity contribution in [2.75, 3.05) is 6.61 Å². The quantitative estimate of drug-likeness (QED) is 0.806. The molecule has 1 atom stereocenters. The number of alkyl halides is 3. The van der Waals surface area contributed by atoms with Gasteiger partial charge in [-0.3, -0.25) is 4.79 Å². The Morgan fingerprint density at radius 1 is 1.31 bits per heavy atom. The first-order valence-electron chi connectivity index (χ1n) is 4.92. The zero-order valence-electron chi connectivity index (χ0n) is 9.76. The van der Waals surface area contributed by atoms with Gasteiger partial charge in [-0.05, 0) is 19.8 Å². The Bertz CT molecular complexity index is 246. The Morgan fingerprint density at radius 3 is 2.00 bits per heavy atom. The minimum absolute atomic E-state index is 0.276. The lowest BCUT2D eigenvalue weighted by molar-refractivity contribution is -0.267. The van der Waals surface area contributed by atoms with Gasteiger partial charge in [-0.2, -0.15) is 13.2 Å². The second kappa shape index (κ2) is 5.03. The number of carbonyl (C=O) groups is 1. The van der Waals surface area contributed by atoms with E-state index in [1.165, 1.54) is 0 Å². The smallest absolute Gasteiger partial charge is 0.416 e. The molecule has 0 aromatic carbocycles. The second-order valence-corrected chi connectivity index (χ2v) is 4.51. The lowest BCUT2D eigenvalue weighted by Crippen LogP contribution is -2.44. The molecule has 0 aromatic rings. The first kappa shape index (κ1) is 15.2. The lowest BCUT2D eigenvalue weighted by Gasteiger charge is -2.30. The Kier molecular flexibility index (Phi) is 4.79. The van der Waals surface area contributed by atoms with Crippen LogP contribution in [0, 0.1) is 11.8 Å². The molecule has 0 aromatic heterocycles.